The summed E-state index contributed by atoms with van der Waals surface area (Å²) in [7, 11) is 1.82. The van der Waals surface area contributed by atoms with Gasteiger partial charge in [0, 0.05) is 30.8 Å². The van der Waals surface area contributed by atoms with E-state index in [0.29, 0.717) is 17.8 Å². The van der Waals surface area contributed by atoms with E-state index in [1.54, 1.807) is 23.2 Å². The van der Waals surface area contributed by atoms with Crippen LogP contribution >= 0.6 is 0 Å². The molecule has 0 fully saturated rings. The van der Waals surface area contributed by atoms with Gasteiger partial charge in [-0.2, -0.15) is 5.10 Å². The van der Waals surface area contributed by atoms with Gasteiger partial charge in [0.15, 0.2) is 0 Å². The average molecular weight is 343 g/mol. The molecule has 0 bridgehead atoms. The molecule has 0 aromatic carbocycles. The lowest BCUT2D eigenvalue weighted by Crippen LogP contribution is -2.41. The van der Waals surface area contributed by atoms with Crippen LogP contribution in [0.5, 0.6) is 0 Å². The Morgan fingerprint density at radius 1 is 1.52 bits per heavy atom. The van der Waals surface area contributed by atoms with Crippen molar-refractivity contribution in [3.8, 4) is 11.3 Å². The van der Waals surface area contributed by atoms with Gasteiger partial charge in [-0.05, 0) is 32.9 Å². The third-order valence-corrected chi connectivity index (χ3v) is 3.46. The number of amides is 1. The number of hydrogen-bond acceptors (Lipinski definition) is 5. The Morgan fingerprint density at radius 2 is 2.24 bits per heavy atom. The molecule has 3 N–H and O–H groups in total. The quantitative estimate of drug-likeness (QED) is 0.813. The highest BCUT2D eigenvalue weighted by molar-refractivity contribution is 5.72. The molecule has 0 aliphatic carbocycles. The zero-order valence-electron chi connectivity index (χ0n) is 15.1. The predicted octanol–water partition coefficient (Wildman–Crippen LogP) is 3.21. The molecule has 2 rings (SSSR count). The Morgan fingerprint density at radius 3 is 2.80 bits per heavy atom. The van der Waals surface area contributed by atoms with Crippen LogP contribution in [0.15, 0.2) is 37.2 Å². The van der Waals surface area contributed by atoms with Gasteiger partial charge in [-0.15, -0.1) is 6.58 Å². The number of pyridine rings is 1. The van der Waals surface area contributed by atoms with E-state index >= 15 is 0 Å². The molecule has 0 aliphatic heterocycles. The molecule has 134 valence electrons. The first-order valence-corrected chi connectivity index (χ1v) is 8.04. The first-order chi connectivity index (χ1) is 11.7. The number of ether oxygens (including phenoxy) is 1. The van der Waals surface area contributed by atoms with Crippen molar-refractivity contribution < 1.29 is 9.53 Å². The summed E-state index contributed by atoms with van der Waals surface area (Å²) in [5.74, 6) is 0. The summed E-state index contributed by atoms with van der Waals surface area (Å²) in [5, 5.41) is 6.93. The van der Waals surface area contributed by atoms with Crippen LogP contribution in [-0.4, -0.2) is 26.4 Å². The lowest BCUT2D eigenvalue weighted by molar-refractivity contribution is 0.0903. The van der Waals surface area contributed by atoms with E-state index in [4.69, 9.17) is 10.5 Å². The standard InChI is InChI=1S/C18H25N5O2/c1-6-7-15(25-17(24)22-18(2,3)4)14-10-12(8-9-20-14)16-13(19)11-21-23(16)5/h6,8-11,15H,1,7,19H2,2-5H3,(H,22,24)/t15-/m0/s1. The maximum Gasteiger partial charge on any atom is 0.408 e. The maximum atomic E-state index is 12.1. The molecule has 0 unspecified atom stereocenters. The molecule has 2 heterocycles. The zero-order chi connectivity index (χ0) is 18.6. The summed E-state index contributed by atoms with van der Waals surface area (Å²) in [4.78, 5) is 16.5. The molecular formula is C18H25N5O2. The summed E-state index contributed by atoms with van der Waals surface area (Å²) in [6.45, 7) is 9.40. The molecule has 0 saturated heterocycles. The molecule has 1 atom stereocenters. The summed E-state index contributed by atoms with van der Waals surface area (Å²) in [6, 6.07) is 3.70. The van der Waals surface area contributed by atoms with Crippen molar-refractivity contribution in [1.82, 2.24) is 20.1 Å². The molecule has 0 radical (unpaired) electrons. The van der Waals surface area contributed by atoms with Crippen molar-refractivity contribution in [3.63, 3.8) is 0 Å². The van der Waals surface area contributed by atoms with E-state index in [1.807, 2.05) is 40.0 Å². The van der Waals surface area contributed by atoms with Gasteiger partial charge < -0.3 is 15.8 Å². The van der Waals surface area contributed by atoms with Crippen LogP contribution in [0.1, 0.15) is 39.0 Å². The van der Waals surface area contributed by atoms with Gasteiger partial charge in [0.05, 0.1) is 23.3 Å². The Hall–Kier alpha value is -2.83. The van der Waals surface area contributed by atoms with E-state index < -0.39 is 12.2 Å². The third kappa shape index (κ3) is 4.82. The number of carbonyl (C=O) groups is 1. The minimum absolute atomic E-state index is 0.381. The van der Waals surface area contributed by atoms with Crippen LogP contribution in [-0.2, 0) is 11.8 Å². The Labute approximate surface area is 147 Å². The number of aryl methyl sites for hydroxylation is 1. The maximum absolute atomic E-state index is 12.1. The third-order valence-electron chi connectivity index (χ3n) is 3.46. The van der Waals surface area contributed by atoms with Crippen LogP contribution in [0.25, 0.3) is 11.3 Å². The fraction of sp³-hybridized carbons (Fsp3) is 0.389. The lowest BCUT2D eigenvalue weighted by atomic mass is 10.1. The fourth-order valence-electron chi connectivity index (χ4n) is 2.43. The number of hydrogen-bond donors (Lipinski definition) is 2. The monoisotopic (exact) mass is 343 g/mol. The molecule has 0 aliphatic rings. The number of nitrogens with one attached hydrogen (secondary N) is 1. The van der Waals surface area contributed by atoms with Crippen LogP contribution in [0.2, 0.25) is 0 Å². The average Bonchev–Trinajstić information content (AvgIpc) is 2.84. The molecular weight excluding hydrogens is 318 g/mol. The van der Waals surface area contributed by atoms with Crippen LogP contribution in [0.4, 0.5) is 10.5 Å². The zero-order valence-corrected chi connectivity index (χ0v) is 15.1. The summed E-state index contributed by atoms with van der Waals surface area (Å²) in [6.07, 6.45) is 4.39. The molecule has 25 heavy (non-hydrogen) atoms. The molecule has 0 spiro atoms. The van der Waals surface area contributed by atoms with E-state index in [0.717, 1.165) is 11.3 Å². The molecule has 7 heteroatoms. The molecule has 2 aromatic rings. The van der Waals surface area contributed by atoms with Gasteiger partial charge in [0.2, 0.25) is 0 Å². The van der Waals surface area contributed by atoms with E-state index in [2.05, 4.69) is 22.0 Å². The van der Waals surface area contributed by atoms with E-state index in [9.17, 15) is 4.79 Å². The first kappa shape index (κ1) is 18.5. The Balaban J connectivity index is 2.28. The SMILES string of the molecule is C=CC[C@H](OC(=O)NC(C)(C)C)c1cc(-c2c(N)cnn2C)ccn1. The van der Waals surface area contributed by atoms with Gasteiger partial charge in [-0.25, -0.2) is 4.79 Å². The topological polar surface area (TPSA) is 95.1 Å². The second-order valence-corrected chi connectivity index (χ2v) is 6.83. The second-order valence-electron chi connectivity index (χ2n) is 6.83. The Kier molecular flexibility index (Phi) is 5.46. The van der Waals surface area contributed by atoms with Gasteiger partial charge in [-0.3, -0.25) is 9.67 Å². The highest BCUT2D eigenvalue weighted by atomic mass is 16.6. The highest BCUT2D eigenvalue weighted by Crippen LogP contribution is 2.28. The van der Waals surface area contributed by atoms with E-state index in [1.165, 1.54) is 0 Å². The van der Waals surface area contributed by atoms with Crippen LogP contribution < -0.4 is 11.1 Å². The first-order valence-electron chi connectivity index (χ1n) is 8.04. The minimum Gasteiger partial charge on any atom is -0.439 e. The second kappa shape index (κ2) is 7.38. The van der Waals surface area contributed by atoms with Crippen molar-refractivity contribution in [3.05, 3.63) is 42.9 Å². The van der Waals surface area contributed by atoms with Gasteiger partial charge in [-0.1, -0.05) is 6.08 Å². The number of alkyl carbamates (subject to hydrolysis) is 1. The number of nitrogens with zero attached hydrogens (tertiary/aromatic N) is 3. The summed E-state index contributed by atoms with van der Waals surface area (Å²) in [5.41, 5.74) is 8.46. The van der Waals surface area contributed by atoms with E-state index in [-0.39, 0.29) is 5.54 Å². The predicted molar refractivity (Wildman–Crippen MR) is 97.8 cm³/mol. The molecule has 7 nitrogen and oxygen atoms in total. The Bertz CT molecular complexity index is 742. The minimum atomic E-state index is -0.533. The number of carbonyl (C=O) groups excluding carboxylic acids is 1. The van der Waals surface area contributed by atoms with Crippen molar-refractivity contribution in [2.75, 3.05) is 5.73 Å². The number of rotatable bonds is 5. The normalized spacial score (nSPS) is 12.5. The number of aromatic nitrogens is 3. The van der Waals surface area contributed by atoms with Crippen LogP contribution in [0, 0.1) is 0 Å². The fourth-order valence-corrected chi connectivity index (χ4v) is 2.43. The molecule has 1 amide bonds. The number of anilines is 1. The largest absolute Gasteiger partial charge is 0.439 e. The van der Waals surface area contributed by atoms with Gasteiger partial charge in [0.1, 0.15) is 6.10 Å². The molecule has 2 aromatic heterocycles. The van der Waals surface area contributed by atoms with Crippen LogP contribution in [0.3, 0.4) is 0 Å². The number of nitrogens with two attached hydrogens (primary N) is 1. The lowest BCUT2D eigenvalue weighted by Gasteiger charge is -2.23. The smallest absolute Gasteiger partial charge is 0.408 e. The summed E-state index contributed by atoms with van der Waals surface area (Å²) < 4.78 is 7.25. The van der Waals surface area contributed by atoms with Crippen molar-refractivity contribution >= 4 is 11.8 Å². The van der Waals surface area contributed by atoms with Crippen molar-refractivity contribution in [2.45, 2.75) is 38.8 Å². The van der Waals surface area contributed by atoms with Crippen molar-refractivity contribution in [2.24, 2.45) is 7.05 Å². The molecule has 0 saturated carbocycles. The van der Waals surface area contributed by atoms with Gasteiger partial charge >= 0.3 is 6.09 Å². The highest BCUT2D eigenvalue weighted by Gasteiger charge is 2.21. The number of nitrogen functional groups attached to an aromatic ring is 1. The van der Waals surface area contributed by atoms with Crippen molar-refractivity contribution in [1.29, 1.82) is 0 Å². The summed E-state index contributed by atoms with van der Waals surface area (Å²) >= 11 is 0. The van der Waals surface area contributed by atoms with Gasteiger partial charge in [0.25, 0.3) is 0 Å².